The van der Waals surface area contributed by atoms with Gasteiger partial charge < -0.3 is 9.64 Å². The van der Waals surface area contributed by atoms with Gasteiger partial charge in [0, 0.05) is 12.4 Å². The van der Waals surface area contributed by atoms with Crippen molar-refractivity contribution in [3.8, 4) is 5.75 Å². The lowest BCUT2D eigenvalue weighted by Crippen LogP contribution is -2.19. The third-order valence-electron chi connectivity index (χ3n) is 2.85. The van der Waals surface area contributed by atoms with Crippen molar-refractivity contribution in [1.82, 2.24) is 4.90 Å². The van der Waals surface area contributed by atoms with E-state index in [1.165, 1.54) is 11.1 Å². The lowest BCUT2D eigenvalue weighted by molar-refractivity contribution is 0.328. The summed E-state index contributed by atoms with van der Waals surface area (Å²) in [6.07, 6.45) is 2.04. The van der Waals surface area contributed by atoms with E-state index in [9.17, 15) is 0 Å². The SMILES string of the molecule is CCc1cc(CN(C)CCCCl)ccc1OC. The Morgan fingerprint density at radius 3 is 2.71 bits per heavy atom. The maximum atomic E-state index is 5.69. The number of halogens is 1. The molecule has 0 atom stereocenters. The third kappa shape index (κ3) is 4.57. The van der Waals surface area contributed by atoms with Crippen LogP contribution in [0.1, 0.15) is 24.5 Å². The van der Waals surface area contributed by atoms with E-state index in [2.05, 4.69) is 37.1 Å². The van der Waals surface area contributed by atoms with Crippen LogP contribution in [0.25, 0.3) is 0 Å². The summed E-state index contributed by atoms with van der Waals surface area (Å²) in [5.74, 6) is 1.72. The summed E-state index contributed by atoms with van der Waals surface area (Å²) in [6.45, 7) is 4.16. The number of alkyl halides is 1. The number of ether oxygens (including phenoxy) is 1. The van der Waals surface area contributed by atoms with E-state index in [1.54, 1.807) is 7.11 Å². The van der Waals surface area contributed by atoms with Gasteiger partial charge in [0.2, 0.25) is 0 Å². The summed E-state index contributed by atoms with van der Waals surface area (Å²) in [5.41, 5.74) is 2.61. The second-order valence-electron chi connectivity index (χ2n) is 4.28. The zero-order chi connectivity index (χ0) is 12.7. The number of rotatable bonds is 7. The third-order valence-corrected chi connectivity index (χ3v) is 3.12. The van der Waals surface area contributed by atoms with Gasteiger partial charge in [-0.05, 0) is 43.6 Å². The molecule has 0 radical (unpaired) electrons. The van der Waals surface area contributed by atoms with Crippen LogP contribution < -0.4 is 4.74 Å². The van der Waals surface area contributed by atoms with Crippen LogP contribution in [0.3, 0.4) is 0 Å². The largest absolute Gasteiger partial charge is 0.496 e. The number of aryl methyl sites for hydroxylation is 1. The molecule has 1 rings (SSSR count). The second kappa shape index (κ2) is 7.57. The number of hydrogen-bond donors (Lipinski definition) is 0. The van der Waals surface area contributed by atoms with Gasteiger partial charge in [-0.2, -0.15) is 0 Å². The van der Waals surface area contributed by atoms with Gasteiger partial charge in [0.15, 0.2) is 0 Å². The molecule has 1 aromatic rings. The fraction of sp³-hybridized carbons (Fsp3) is 0.571. The van der Waals surface area contributed by atoms with Gasteiger partial charge in [-0.3, -0.25) is 0 Å². The molecule has 0 heterocycles. The van der Waals surface area contributed by atoms with Gasteiger partial charge >= 0.3 is 0 Å². The van der Waals surface area contributed by atoms with Gasteiger partial charge in [-0.25, -0.2) is 0 Å². The average Bonchev–Trinajstić information content (AvgIpc) is 2.36. The fourth-order valence-corrected chi connectivity index (χ4v) is 2.05. The molecule has 17 heavy (non-hydrogen) atoms. The molecule has 0 aromatic heterocycles. The predicted octanol–water partition coefficient (Wildman–Crippen LogP) is 3.32. The zero-order valence-electron chi connectivity index (χ0n) is 11.0. The highest BCUT2D eigenvalue weighted by Gasteiger charge is 2.04. The molecule has 0 aliphatic carbocycles. The summed E-state index contributed by atoms with van der Waals surface area (Å²) in [5, 5.41) is 0. The van der Waals surface area contributed by atoms with E-state index in [0.717, 1.165) is 37.6 Å². The first-order chi connectivity index (χ1) is 8.21. The Balaban J connectivity index is 2.65. The molecule has 96 valence electrons. The Labute approximate surface area is 110 Å². The molecule has 0 aliphatic rings. The van der Waals surface area contributed by atoms with Gasteiger partial charge in [0.25, 0.3) is 0 Å². The quantitative estimate of drug-likeness (QED) is 0.693. The highest BCUT2D eigenvalue weighted by molar-refractivity contribution is 6.17. The first kappa shape index (κ1) is 14.3. The van der Waals surface area contributed by atoms with Crippen molar-refractivity contribution in [3.63, 3.8) is 0 Å². The lowest BCUT2D eigenvalue weighted by atomic mass is 10.1. The highest BCUT2D eigenvalue weighted by Crippen LogP contribution is 2.21. The molecular formula is C14H22ClNO. The van der Waals surface area contributed by atoms with E-state index in [4.69, 9.17) is 16.3 Å². The summed E-state index contributed by atoms with van der Waals surface area (Å²) >= 11 is 5.69. The second-order valence-corrected chi connectivity index (χ2v) is 4.66. The number of methoxy groups -OCH3 is 1. The summed E-state index contributed by atoms with van der Waals surface area (Å²) in [6, 6.07) is 6.43. The Bertz CT molecular complexity index is 341. The van der Waals surface area contributed by atoms with Crippen LogP contribution in [0.2, 0.25) is 0 Å². The molecule has 2 nitrogen and oxygen atoms in total. The van der Waals surface area contributed by atoms with Crippen molar-refractivity contribution in [3.05, 3.63) is 29.3 Å². The van der Waals surface area contributed by atoms with Gasteiger partial charge in [-0.1, -0.05) is 19.1 Å². The van der Waals surface area contributed by atoms with Gasteiger partial charge in [0.1, 0.15) is 5.75 Å². The molecule has 0 saturated heterocycles. The Hall–Kier alpha value is -0.730. The molecule has 0 aliphatic heterocycles. The Morgan fingerprint density at radius 2 is 2.12 bits per heavy atom. The van der Waals surface area contributed by atoms with Crippen molar-refractivity contribution >= 4 is 11.6 Å². The molecule has 3 heteroatoms. The van der Waals surface area contributed by atoms with Crippen LogP contribution >= 0.6 is 11.6 Å². The minimum Gasteiger partial charge on any atom is -0.496 e. The molecule has 0 bridgehead atoms. The Kier molecular flexibility index (Phi) is 6.38. The fourth-order valence-electron chi connectivity index (χ4n) is 1.93. The molecule has 0 spiro atoms. The van der Waals surface area contributed by atoms with E-state index in [1.807, 2.05) is 0 Å². The first-order valence-corrected chi connectivity index (χ1v) is 6.65. The van der Waals surface area contributed by atoms with Crippen LogP contribution in [-0.4, -0.2) is 31.5 Å². The number of hydrogen-bond acceptors (Lipinski definition) is 2. The maximum absolute atomic E-state index is 5.69. The van der Waals surface area contributed by atoms with E-state index < -0.39 is 0 Å². The standard InChI is InChI=1S/C14H22ClNO/c1-4-13-10-12(6-7-14(13)17-3)11-16(2)9-5-8-15/h6-7,10H,4-5,8-9,11H2,1-3H3. The van der Waals surface area contributed by atoms with Crippen LogP contribution in [-0.2, 0) is 13.0 Å². The van der Waals surface area contributed by atoms with Crippen molar-refractivity contribution in [2.45, 2.75) is 26.3 Å². The zero-order valence-corrected chi connectivity index (χ0v) is 11.8. The normalized spacial score (nSPS) is 10.9. The Morgan fingerprint density at radius 1 is 1.35 bits per heavy atom. The number of benzene rings is 1. The van der Waals surface area contributed by atoms with Crippen LogP contribution in [0, 0.1) is 0 Å². The van der Waals surface area contributed by atoms with Crippen molar-refractivity contribution in [1.29, 1.82) is 0 Å². The van der Waals surface area contributed by atoms with E-state index in [-0.39, 0.29) is 0 Å². The van der Waals surface area contributed by atoms with Crippen LogP contribution in [0.5, 0.6) is 5.75 Å². The van der Waals surface area contributed by atoms with Gasteiger partial charge in [0.05, 0.1) is 7.11 Å². The van der Waals surface area contributed by atoms with Crippen LogP contribution in [0.4, 0.5) is 0 Å². The monoisotopic (exact) mass is 255 g/mol. The summed E-state index contributed by atoms with van der Waals surface area (Å²) < 4.78 is 5.33. The molecule has 0 unspecified atom stereocenters. The molecule has 1 aromatic carbocycles. The minimum absolute atomic E-state index is 0.729. The van der Waals surface area contributed by atoms with Crippen molar-refractivity contribution in [2.75, 3.05) is 26.6 Å². The van der Waals surface area contributed by atoms with Crippen LogP contribution in [0.15, 0.2) is 18.2 Å². The molecular weight excluding hydrogens is 234 g/mol. The molecule has 0 amide bonds. The molecule has 0 N–H and O–H groups in total. The maximum Gasteiger partial charge on any atom is 0.122 e. The van der Waals surface area contributed by atoms with Crippen molar-refractivity contribution < 1.29 is 4.74 Å². The average molecular weight is 256 g/mol. The predicted molar refractivity (Wildman–Crippen MR) is 74.0 cm³/mol. The minimum atomic E-state index is 0.729. The van der Waals surface area contributed by atoms with E-state index >= 15 is 0 Å². The van der Waals surface area contributed by atoms with Gasteiger partial charge in [-0.15, -0.1) is 11.6 Å². The first-order valence-electron chi connectivity index (χ1n) is 6.11. The molecule has 0 saturated carbocycles. The highest BCUT2D eigenvalue weighted by atomic mass is 35.5. The van der Waals surface area contributed by atoms with E-state index in [0.29, 0.717) is 0 Å². The number of nitrogens with zero attached hydrogens (tertiary/aromatic N) is 1. The summed E-state index contributed by atoms with van der Waals surface area (Å²) in [4.78, 5) is 2.30. The topological polar surface area (TPSA) is 12.5 Å². The smallest absolute Gasteiger partial charge is 0.122 e. The van der Waals surface area contributed by atoms with Crippen molar-refractivity contribution in [2.24, 2.45) is 0 Å². The lowest BCUT2D eigenvalue weighted by Gasteiger charge is -2.17. The molecule has 0 fully saturated rings. The summed E-state index contributed by atoms with van der Waals surface area (Å²) in [7, 11) is 3.85.